The minimum Gasteiger partial charge on any atom is -0.212 e. The minimum absolute atomic E-state index is 0.0995. The molecule has 0 bridgehead atoms. The molecule has 1 N–H and O–H groups in total. The summed E-state index contributed by atoms with van der Waals surface area (Å²) in [6, 6.07) is 0.0995. The maximum atomic E-state index is 10.8. The van der Waals surface area contributed by atoms with Crippen molar-refractivity contribution in [2.75, 3.05) is 5.75 Å². The molecule has 0 saturated carbocycles. The summed E-state index contributed by atoms with van der Waals surface area (Å²) in [6.07, 6.45) is 3.19. The second-order valence-electron chi connectivity index (χ2n) is 2.45. The van der Waals surface area contributed by atoms with E-state index in [1.165, 1.54) is 0 Å². The molecule has 0 aliphatic carbocycles. The van der Waals surface area contributed by atoms with Crippen LogP contribution in [-0.2, 0) is 10.0 Å². The Morgan fingerprint density at radius 3 is 2.80 bits per heavy atom. The Labute approximate surface area is 61.2 Å². The highest BCUT2D eigenvalue weighted by atomic mass is 32.2. The molecule has 1 aliphatic heterocycles. The first-order valence-electron chi connectivity index (χ1n) is 3.25. The highest BCUT2D eigenvalue weighted by Gasteiger charge is 2.24. The van der Waals surface area contributed by atoms with Crippen LogP contribution in [0.1, 0.15) is 12.8 Å². The molecule has 58 valence electrons. The van der Waals surface area contributed by atoms with Gasteiger partial charge in [-0.2, -0.15) is 0 Å². The van der Waals surface area contributed by atoms with Crippen LogP contribution in [0, 0.1) is 0 Å². The van der Waals surface area contributed by atoms with Crippen molar-refractivity contribution < 1.29 is 8.42 Å². The molecule has 1 rings (SSSR count). The van der Waals surface area contributed by atoms with Gasteiger partial charge >= 0.3 is 0 Å². The maximum absolute atomic E-state index is 10.8. The second-order valence-corrected chi connectivity index (χ2v) is 4.32. The number of sulfonamides is 1. The van der Waals surface area contributed by atoms with Crippen LogP contribution < -0.4 is 4.72 Å². The van der Waals surface area contributed by atoms with Crippen LogP contribution in [0.25, 0.3) is 0 Å². The van der Waals surface area contributed by atoms with Gasteiger partial charge in [0.15, 0.2) is 0 Å². The Morgan fingerprint density at radius 1 is 1.70 bits per heavy atom. The first kappa shape index (κ1) is 7.75. The van der Waals surface area contributed by atoms with Gasteiger partial charge in [-0.1, -0.05) is 6.08 Å². The van der Waals surface area contributed by atoms with Gasteiger partial charge in [0, 0.05) is 6.04 Å². The molecule has 0 aromatic carbocycles. The van der Waals surface area contributed by atoms with Gasteiger partial charge in [-0.3, -0.25) is 0 Å². The van der Waals surface area contributed by atoms with Crippen molar-refractivity contribution in [2.24, 2.45) is 0 Å². The molecule has 0 spiro atoms. The largest absolute Gasteiger partial charge is 0.212 e. The van der Waals surface area contributed by atoms with Gasteiger partial charge in [0.05, 0.1) is 5.75 Å². The molecular formula is C6H11NO2S. The maximum Gasteiger partial charge on any atom is 0.211 e. The number of nitrogens with one attached hydrogen (secondary N) is 1. The van der Waals surface area contributed by atoms with Gasteiger partial charge in [0.1, 0.15) is 0 Å². The smallest absolute Gasteiger partial charge is 0.211 e. The quantitative estimate of drug-likeness (QED) is 0.590. The summed E-state index contributed by atoms with van der Waals surface area (Å²) in [5.74, 6) is 0.269. The molecular weight excluding hydrogens is 150 g/mol. The first-order valence-corrected chi connectivity index (χ1v) is 4.90. The lowest BCUT2D eigenvalue weighted by molar-refractivity contribution is 0.581. The average Bonchev–Trinajstić information content (AvgIpc) is 2.12. The Kier molecular flexibility index (Phi) is 2.11. The van der Waals surface area contributed by atoms with E-state index in [1.54, 1.807) is 6.08 Å². The summed E-state index contributed by atoms with van der Waals surface area (Å²) < 4.78 is 24.1. The van der Waals surface area contributed by atoms with E-state index < -0.39 is 10.0 Å². The topological polar surface area (TPSA) is 46.2 Å². The zero-order valence-corrected chi connectivity index (χ0v) is 6.52. The number of rotatable bonds is 2. The number of hydrogen-bond acceptors (Lipinski definition) is 2. The van der Waals surface area contributed by atoms with E-state index in [0.717, 1.165) is 6.42 Å². The van der Waals surface area contributed by atoms with Gasteiger partial charge in [-0.25, -0.2) is 13.1 Å². The summed E-state index contributed by atoms with van der Waals surface area (Å²) in [5, 5.41) is 0. The summed E-state index contributed by atoms with van der Waals surface area (Å²) in [5.41, 5.74) is 0. The zero-order chi connectivity index (χ0) is 7.61. The standard InChI is InChI=1S/C6H11NO2S/c1-2-3-6-4-5-10(8,9)7-6/h2,6-7H,1,3-5H2. The fraction of sp³-hybridized carbons (Fsp3) is 0.667. The molecule has 0 aromatic heterocycles. The molecule has 1 saturated heterocycles. The van der Waals surface area contributed by atoms with E-state index in [2.05, 4.69) is 11.3 Å². The van der Waals surface area contributed by atoms with Crippen molar-refractivity contribution in [1.82, 2.24) is 4.72 Å². The normalized spacial score (nSPS) is 30.2. The lowest BCUT2D eigenvalue weighted by Gasteiger charge is -2.02. The summed E-state index contributed by atoms with van der Waals surface area (Å²) in [6.45, 7) is 3.54. The Bertz CT molecular complexity index is 220. The van der Waals surface area contributed by atoms with Crippen LogP contribution in [0.5, 0.6) is 0 Å². The lowest BCUT2D eigenvalue weighted by atomic mass is 10.2. The molecule has 1 unspecified atom stereocenters. The monoisotopic (exact) mass is 161 g/mol. The predicted octanol–water partition coefficient (Wildman–Crippen LogP) is 0.254. The SMILES string of the molecule is C=CCC1CCS(=O)(=O)N1. The average molecular weight is 161 g/mol. The molecule has 10 heavy (non-hydrogen) atoms. The van der Waals surface area contributed by atoms with Crippen molar-refractivity contribution in [3.63, 3.8) is 0 Å². The molecule has 1 fully saturated rings. The van der Waals surface area contributed by atoms with E-state index in [4.69, 9.17) is 0 Å². The van der Waals surface area contributed by atoms with E-state index in [0.29, 0.717) is 6.42 Å². The summed E-state index contributed by atoms with van der Waals surface area (Å²) >= 11 is 0. The first-order chi connectivity index (χ1) is 4.64. The van der Waals surface area contributed by atoms with E-state index >= 15 is 0 Å². The fourth-order valence-corrected chi connectivity index (χ4v) is 2.47. The molecule has 0 aromatic rings. The van der Waals surface area contributed by atoms with Crippen LogP contribution in [0.3, 0.4) is 0 Å². The molecule has 1 aliphatic rings. The van der Waals surface area contributed by atoms with Crippen LogP contribution in [0.2, 0.25) is 0 Å². The van der Waals surface area contributed by atoms with Gasteiger partial charge in [-0.15, -0.1) is 6.58 Å². The zero-order valence-electron chi connectivity index (χ0n) is 5.71. The van der Waals surface area contributed by atoms with Gasteiger partial charge in [-0.05, 0) is 12.8 Å². The summed E-state index contributed by atoms with van der Waals surface area (Å²) in [4.78, 5) is 0. The van der Waals surface area contributed by atoms with Gasteiger partial charge < -0.3 is 0 Å². The Balaban J connectivity index is 2.51. The highest BCUT2D eigenvalue weighted by Crippen LogP contribution is 2.10. The van der Waals surface area contributed by atoms with Crippen LogP contribution in [-0.4, -0.2) is 20.2 Å². The van der Waals surface area contributed by atoms with Gasteiger partial charge in [0.2, 0.25) is 10.0 Å². The van der Waals surface area contributed by atoms with E-state index in [9.17, 15) is 8.42 Å². The second kappa shape index (κ2) is 2.72. The third-order valence-corrected chi connectivity index (χ3v) is 3.00. The van der Waals surface area contributed by atoms with Gasteiger partial charge in [0.25, 0.3) is 0 Å². The lowest BCUT2D eigenvalue weighted by Crippen LogP contribution is -2.24. The van der Waals surface area contributed by atoms with Crippen LogP contribution >= 0.6 is 0 Å². The third-order valence-electron chi connectivity index (χ3n) is 1.53. The van der Waals surface area contributed by atoms with Crippen molar-refractivity contribution >= 4 is 10.0 Å². The Hall–Kier alpha value is -0.350. The van der Waals surface area contributed by atoms with Crippen molar-refractivity contribution in [2.45, 2.75) is 18.9 Å². The van der Waals surface area contributed by atoms with Crippen molar-refractivity contribution in [3.8, 4) is 0 Å². The van der Waals surface area contributed by atoms with E-state index in [-0.39, 0.29) is 11.8 Å². The van der Waals surface area contributed by atoms with Crippen LogP contribution in [0.4, 0.5) is 0 Å². The molecule has 1 heterocycles. The molecule has 4 heteroatoms. The molecule has 0 radical (unpaired) electrons. The van der Waals surface area contributed by atoms with E-state index in [1.807, 2.05) is 0 Å². The Morgan fingerprint density at radius 2 is 2.40 bits per heavy atom. The number of hydrogen-bond donors (Lipinski definition) is 1. The molecule has 3 nitrogen and oxygen atoms in total. The van der Waals surface area contributed by atoms with Crippen molar-refractivity contribution in [3.05, 3.63) is 12.7 Å². The van der Waals surface area contributed by atoms with Crippen LogP contribution in [0.15, 0.2) is 12.7 Å². The predicted molar refractivity (Wildman–Crippen MR) is 40.1 cm³/mol. The highest BCUT2D eigenvalue weighted by molar-refractivity contribution is 7.89. The molecule has 0 amide bonds. The van der Waals surface area contributed by atoms with Crippen molar-refractivity contribution in [1.29, 1.82) is 0 Å². The third kappa shape index (κ3) is 1.82. The fourth-order valence-electron chi connectivity index (χ4n) is 1.04. The molecule has 1 atom stereocenters. The minimum atomic E-state index is -2.92. The summed E-state index contributed by atoms with van der Waals surface area (Å²) in [7, 11) is -2.92.